The maximum atomic E-state index is 14.4. The predicted octanol–water partition coefficient (Wildman–Crippen LogP) is 3.18. The molecule has 0 fully saturated rings. The third-order valence-corrected chi connectivity index (χ3v) is 6.38. The molecule has 11 heteroatoms. The molecular weight excluding hydrogens is 428 g/mol. The van der Waals surface area contributed by atoms with E-state index < -0.39 is 32.5 Å². The summed E-state index contributed by atoms with van der Waals surface area (Å²) in [4.78, 5) is 11.4. The molecule has 0 spiro atoms. The average Bonchev–Trinajstić information content (AvgIpc) is 2.59. The summed E-state index contributed by atoms with van der Waals surface area (Å²) in [6.07, 6.45) is 0. The van der Waals surface area contributed by atoms with Crippen LogP contribution in [0.4, 0.5) is 10.1 Å². The Morgan fingerprint density at radius 1 is 1.23 bits per heavy atom. The molecule has 0 aliphatic rings. The Morgan fingerprint density at radius 2 is 1.92 bits per heavy atom. The first-order valence-corrected chi connectivity index (χ1v) is 9.77. The Kier molecular flexibility index (Phi) is 6.70. The van der Waals surface area contributed by atoms with Crippen LogP contribution in [0.5, 0.6) is 0 Å². The number of nitrogens with two attached hydrogens (primary N) is 1. The SMILES string of the molecule is NNC(=O)c1ccc(CN(c2cccc(Cl)c2)S(=O)(=O)C(Cl)Cl)c(F)c1. The Bertz CT molecular complexity index is 925. The van der Waals surface area contributed by atoms with Crippen molar-refractivity contribution in [2.45, 2.75) is 10.7 Å². The molecule has 2 aromatic rings. The topological polar surface area (TPSA) is 92.5 Å². The molecule has 0 aromatic heterocycles. The molecule has 0 saturated heterocycles. The lowest BCUT2D eigenvalue weighted by molar-refractivity contribution is 0.0953. The van der Waals surface area contributed by atoms with Gasteiger partial charge < -0.3 is 0 Å². The van der Waals surface area contributed by atoms with Gasteiger partial charge in [-0.05, 0) is 30.3 Å². The van der Waals surface area contributed by atoms with E-state index in [4.69, 9.17) is 40.6 Å². The second-order valence-electron chi connectivity index (χ2n) is 5.07. The minimum atomic E-state index is -4.22. The Morgan fingerprint density at radius 3 is 2.46 bits per heavy atom. The molecular formula is C15H13Cl3FN3O3S. The maximum absolute atomic E-state index is 14.4. The number of hydrogen-bond donors (Lipinski definition) is 2. The number of alkyl halides is 2. The van der Waals surface area contributed by atoms with E-state index >= 15 is 0 Å². The van der Waals surface area contributed by atoms with Gasteiger partial charge in [0.25, 0.3) is 15.9 Å². The van der Waals surface area contributed by atoms with Gasteiger partial charge in [-0.3, -0.25) is 14.5 Å². The number of hydrazine groups is 1. The normalized spacial score (nSPS) is 11.5. The fraction of sp³-hybridized carbons (Fsp3) is 0.133. The summed E-state index contributed by atoms with van der Waals surface area (Å²) >= 11 is 17.1. The highest BCUT2D eigenvalue weighted by atomic mass is 35.5. The van der Waals surface area contributed by atoms with E-state index in [1.807, 2.05) is 5.43 Å². The van der Waals surface area contributed by atoms with Gasteiger partial charge in [-0.25, -0.2) is 18.7 Å². The zero-order chi connectivity index (χ0) is 19.5. The Balaban J connectivity index is 2.47. The highest BCUT2D eigenvalue weighted by Crippen LogP contribution is 2.29. The first kappa shape index (κ1) is 20.7. The van der Waals surface area contributed by atoms with Crippen molar-refractivity contribution in [3.63, 3.8) is 0 Å². The number of halogens is 4. The molecule has 0 atom stereocenters. The number of rotatable bonds is 6. The van der Waals surface area contributed by atoms with Gasteiger partial charge in [0.05, 0.1) is 12.2 Å². The number of amides is 1. The molecule has 0 aliphatic carbocycles. The molecule has 2 rings (SSSR count). The number of carbonyl (C=O) groups is 1. The molecule has 3 N–H and O–H groups in total. The monoisotopic (exact) mass is 439 g/mol. The molecule has 2 aromatic carbocycles. The largest absolute Gasteiger partial charge is 0.290 e. The third-order valence-electron chi connectivity index (χ3n) is 3.39. The van der Waals surface area contributed by atoms with Crippen molar-refractivity contribution in [3.05, 3.63) is 64.4 Å². The van der Waals surface area contributed by atoms with Crippen LogP contribution in [0.15, 0.2) is 42.5 Å². The van der Waals surface area contributed by atoms with Gasteiger partial charge in [-0.1, -0.05) is 46.9 Å². The standard InChI is InChI=1S/C15H13Cl3FN3O3S/c16-11-2-1-3-12(7-11)22(26(24,25)15(17)18)8-10-5-4-9(6-13(10)19)14(23)21-20/h1-7,15H,8,20H2,(H,21,23). The van der Waals surface area contributed by atoms with Crippen LogP contribution in [0.1, 0.15) is 15.9 Å². The van der Waals surface area contributed by atoms with Crippen molar-refractivity contribution in [1.82, 2.24) is 5.43 Å². The number of hydrogen-bond acceptors (Lipinski definition) is 4. The van der Waals surface area contributed by atoms with Crippen LogP contribution < -0.4 is 15.6 Å². The number of anilines is 1. The summed E-state index contributed by atoms with van der Waals surface area (Å²) in [6.45, 7) is -0.408. The smallest absolute Gasteiger partial charge is 0.266 e. The average molecular weight is 441 g/mol. The number of nitrogens with one attached hydrogen (secondary N) is 1. The van der Waals surface area contributed by atoms with Crippen molar-refractivity contribution in [2.24, 2.45) is 5.84 Å². The van der Waals surface area contributed by atoms with Crippen LogP contribution >= 0.6 is 34.8 Å². The fourth-order valence-corrected chi connectivity index (χ4v) is 3.79. The van der Waals surface area contributed by atoms with Gasteiger partial charge in [0.2, 0.25) is 4.17 Å². The Labute approximate surface area is 164 Å². The number of nitrogens with zero attached hydrogens (tertiary/aromatic N) is 1. The van der Waals surface area contributed by atoms with Crippen LogP contribution in [-0.2, 0) is 16.6 Å². The number of carbonyl (C=O) groups excluding carboxylic acids is 1. The lowest BCUT2D eigenvalue weighted by Gasteiger charge is -2.25. The second-order valence-corrected chi connectivity index (χ2v) is 9.06. The lowest BCUT2D eigenvalue weighted by Crippen LogP contribution is -2.34. The quantitative estimate of drug-likeness (QED) is 0.312. The van der Waals surface area contributed by atoms with Crippen LogP contribution in [0, 0.1) is 5.82 Å². The van der Waals surface area contributed by atoms with Gasteiger partial charge in [-0.2, -0.15) is 0 Å². The summed E-state index contributed by atoms with van der Waals surface area (Å²) in [7, 11) is -4.22. The first-order valence-electron chi connectivity index (χ1n) is 7.01. The van der Waals surface area contributed by atoms with Crippen molar-refractivity contribution < 1.29 is 17.6 Å². The molecule has 140 valence electrons. The zero-order valence-electron chi connectivity index (χ0n) is 13.0. The highest BCUT2D eigenvalue weighted by molar-refractivity contribution is 7.95. The molecule has 0 unspecified atom stereocenters. The van der Waals surface area contributed by atoms with Crippen molar-refractivity contribution in [1.29, 1.82) is 0 Å². The summed E-state index contributed by atoms with van der Waals surface area (Å²) in [5.41, 5.74) is 2.02. The summed E-state index contributed by atoms with van der Waals surface area (Å²) in [6, 6.07) is 9.45. The number of benzene rings is 2. The van der Waals surface area contributed by atoms with E-state index in [1.54, 1.807) is 6.07 Å². The van der Waals surface area contributed by atoms with E-state index in [0.29, 0.717) is 0 Å². The van der Waals surface area contributed by atoms with E-state index in [1.165, 1.54) is 30.3 Å². The van der Waals surface area contributed by atoms with Gasteiger partial charge in [0.15, 0.2) is 0 Å². The minimum Gasteiger partial charge on any atom is -0.290 e. The molecule has 0 saturated carbocycles. The Hall–Kier alpha value is -1.58. The van der Waals surface area contributed by atoms with Gasteiger partial charge >= 0.3 is 0 Å². The van der Waals surface area contributed by atoms with Crippen LogP contribution in [-0.4, -0.2) is 18.5 Å². The zero-order valence-corrected chi connectivity index (χ0v) is 16.1. The van der Waals surface area contributed by atoms with Gasteiger partial charge in [0, 0.05) is 16.1 Å². The van der Waals surface area contributed by atoms with Gasteiger partial charge in [-0.15, -0.1) is 0 Å². The van der Waals surface area contributed by atoms with E-state index in [-0.39, 0.29) is 21.8 Å². The lowest BCUT2D eigenvalue weighted by atomic mass is 10.1. The fourth-order valence-electron chi connectivity index (χ4n) is 2.11. The first-order chi connectivity index (χ1) is 12.2. The van der Waals surface area contributed by atoms with E-state index in [2.05, 4.69) is 0 Å². The van der Waals surface area contributed by atoms with Gasteiger partial charge in [0.1, 0.15) is 5.82 Å². The van der Waals surface area contributed by atoms with Crippen LogP contribution in [0.2, 0.25) is 5.02 Å². The maximum Gasteiger partial charge on any atom is 0.266 e. The molecule has 0 bridgehead atoms. The molecule has 1 amide bonds. The van der Waals surface area contributed by atoms with Crippen LogP contribution in [0.3, 0.4) is 0 Å². The summed E-state index contributed by atoms with van der Waals surface area (Å²) in [5.74, 6) is 3.52. The molecule has 6 nitrogen and oxygen atoms in total. The van der Waals surface area contributed by atoms with E-state index in [9.17, 15) is 17.6 Å². The minimum absolute atomic E-state index is 0.00361. The summed E-state index contributed by atoms with van der Waals surface area (Å²) < 4.78 is 38.4. The van der Waals surface area contributed by atoms with Crippen molar-refractivity contribution in [3.8, 4) is 0 Å². The van der Waals surface area contributed by atoms with Crippen LogP contribution in [0.25, 0.3) is 0 Å². The van der Waals surface area contributed by atoms with Crippen molar-refractivity contribution >= 4 is 56.4 Å². The predicted molar refractivity (Wildman–Crippen MR) is 100 cm³/mol. The molecule has 0 heterocycles. The molecule has 26 heavy (non-hydrogen) atoms. The summed E-state index contributed by atoms with van der Waals surface area (Å²) in [5, 5.41) is 0.277. The van der Waals surface area contributed by atoms with E-state index in [0.717, 1.165) is 10.4 Å². The highest BCUT2D eigenvalue weighted by Gasteiger charge is 2.30. The third kappa shape index (κ3) is 4.57. The number of nitrogen functional groups attached to an aromatic ring is 1. The molecule has 0 aliphatic heterocycles. The second kappa shape index (κ2) is 8.41. The molecule has 0 radical (unpaired) electrons. The number of sulfonamides is 1. The van der Waals surface area contributed by atoms with Crippen molar-refractivity contribution in [2.75, 3.05) is 4.31 Å².